The molecule has 0 atom stereocenters. The van der Waals surface area contributed by atoms with Crippen molar-refractivity contribution in [1.82, 2.24) is 0 Å². The molecule has 0 N–H and O–H groups in total. The summed E-state index contributed by atoms with van der Waals surface area (Å²) in [5.74, 6) is 0.294. The summed E-state index contributed by atoms with van der Waals surface area (Å²) in [6.07, 6.45) is 16.6. The van der Waals surface area contributed by atoms with Crippen molar-refractivity contribution < 1.29 is 4.79 Å². The molecule has 0 saturated heterocycles. The van der Waals surface area contributed by atoms with Gasteiger partial charge >= 0.3 is 0 Å². The fourth-order valence-electron chi connectivity index (χ4n) is 2.05. The molecular weight excluding hydrogens is 232 g/mol. The van der Waals surface area contributed by atoms with Gasteiger partial charge in [-0.3, -0.25) is 4.79 Å². The Bertz CT molecular complexity index is 286. The van der Waals surface area contributed by atoms with Crippen LogP contribution in [-0.2, 0) is 4.79 Å². The molecule has 0 heterocycles. The monoisotopic (exact) mass is 262 g/mol. The third kappa shape index (κ3) is 13.1. The topological polar surface area (TPSA) is 17.1 Å². The van der Waals surface area contributed by atoms with Crippen molar-refractivity contribution >= 4 is 5.78 Å². The van der Waals surface area contributed by atoms with Crippen molar-refractivity contribution in [3.8, 4) is 0 Å². The van der Waals surface area contributed by atoms with Crippen molar-refractivity contribution in [1.29, 1.82) is 0 Å². The molecule has 0 unspecified atom stereocenters. The molecule has 19 heavy (non-hydrogen) atoms. The zero-order valence-corrected chi connectivity index (χ0v) is 12.6. The van der Waals surface area contributed by atoms with E-state index in [-0.39, 0.29) is 0 Å². The second kappa shape index (κ2) is 13.3. The number of unbranched alkanes of at least 4 members (excludes halogenated alkanes) is 6. The SMILES string of the molecule is C=CCCCCCC(=O)/C=C(\C)CCCCCC=C. The van der Waals surface area contributed by atoms with Crippen LogP contribution in [0.3, 0.4) is 0 Å². The lowest BCUT2D eigenvalue weighted by Crippen LogP contribution is -1.94. The van der Waals surface area contributed by atoms with Crippen molar-refractivity contribution in [2.24, 2.45) is 0 Å². The highest BCUT2D eigenvalue weighted by molar-refractivity contribution is 5.90. The third-order valence-electron chi connectivity index (χ3n) is 3.22. The number of hydrogen-bond acceptors (Lipinski definition) is 1. The Kier molecular flexibility index (Phi) is 12.5. The van der Waals surface area contributed by atoms with Crippen molar-refractivity contribution in [2.45, 2.75) is 71.1 Å². The standard InChI is InChI=1S/C18H30O/c1-4-6-8-10-12-14-17(3)16-18(19)15-13-11-9-7-5-2/h4-5,16H,1-2,6-15H2,3H3/b17-16+. The molecule has 0 aliphatic carbocycles. The van der Waals surface area contributed by atoms with E-state index in [0.717, 1.165) is 38.5 Å². The van der Waals surface area contributed by atoms with Gasteiger partial charge in [-0.05, 0) is 57.9 Å². The first-order chi connectivity index (χ1) is 9.20. The summed E-state index contributed by atoms with van der Waals surface area (Å²) in [5, 5.41) is 0. The maximum absolute atomic E-state index is 11.7. The van der Waals surface area contributed by atoms with Gasteiger partial charge < -0.3 is 0 Å². The molecule has 0 aliphatic heterocycles. The van der Waals surface area contributed by atoms with Crippen LogP contribution in [0.25, 0.3) is 0 Å². The van der Waals surface area contributed by atoms with E-state index in [4.69, 9.17) is 0 Å². The van der Waals surface area contributed by atoms with Gasteiger partial charge in [-0.2, -0.15) is 0 Å². The molecule has 0 aromatic heterocycles. The van der Waals surface area contributed by atoms with Crippen LogP contribution in [0.2, 0.25) is 0 Å². The molecule has 0 rings (SSSR count). The summed E-state index contributed by atoms with van der Waals surface area (Å²) in [6.45, 7) is 9.49. The molecule has 0 aliphatic rings. The molecule has 108 valence electrons. The van der Waals surface area contributed by atoms with Crippen molar-refractivity contribution in [2.75, 3.05) is 0 Å². The first-order valence-electron chi connectivity index (χ1n) is 7.62. The molecular formula is C18H30O. The normalized spacial score (nSPS) is 11.3. The van der Waals surface area contributed by atoms with Crippen LogP contribution in [0.15, 0.2) is 37.0 Å². The van der Waals surface area contributed by atoms with Crippen molar-refractivity contribution in [3.05, 3.63) is 37.0 Å². The second-order valence-corrected chi connectivity index (χ2v) is 5.23. The third-order valence-corrected chi connectivity index (χ3v) is 3.22. The number of carbonyl (C=O) groups is 1. The summed E-state index contributed by atoms with van der Waals surface area (Å²) in [4.78, 5) is 11.7. The molecule has 0 radical (unpaired) electrons. The minimum atomic E-state index is 0.294. The molecule has 1 heteroatoms. The van der Waals surface area contributed by atoms with Crippen LogP contribution in [0.4, 0.5) is 0 Å². The Hall–Kier alpha value is -1.11. The van der Waals surface area contributed by atoms with Gasteiger partial charge in [-0.1, -0.05) is 30.6 Å². The van der Waals surface area contributed by atoms with Crippen LogP contribution in [-0.4, -0.2) is 5.78 Å². The molecule has 0 aromatic rings. The summed E-state index contributed by atoms with van der Waals surface area (Å²) in [6, 6.07) is 0. The average Bonchev–Trinajstić information content (AvgIpc) is 2.38. The van der Waals surface area contributed by atoms with Crippen LogP contribution < -0.4 is 0 Å². The smallest absolute Gasteiger partial charge is 0.155 e. The van der Waals surface area contributed by atoms with Gasteiger partial charge in [0.25, 0.3) is 0 Å². The number of carbonyl (C=O) groups excluding carboxylic acids is 1. The summed E-state index contributed by atoms with van der Waals surface area (Å²) in [7, 11) is 0. The number of hydrogen-bond donors (Lipinski definition) is 0. The lowest BCUT2D eigenvalue weighted by atomic mass is 10.0. The lowest BCUT2D eigenvalue weighted by Gasteiger charge is -2.01. The molecule has 0 spiro atoms. The average molecular weight is 262 g/mol. The Labute approximate surface area is 119 Å². The minimum Gasteiger partial charge on any atom is -0.295 e. The number of rotatable bonds is 13. The zero-order valence-electron chi connectivity index (χ0n) is 12.6. The Morgan fingerprint density at radius 1 is 0.842 bits per heavy atom. The quantitative estimate of drug-likeness (QED) is 0.234. The second-order valence-electron chi connectivity index (χ2n) is 5.23. The van der Waals surface area contributed by atoms with Crippen molar-refractivity contribution in [3.63, 3.8) is 0 Å². The van der Waals surface area contributed by atoms with Gasteiger partial charge in [0.1, 0.15) is 0 Å². The van der Waals surface area contributed by atoms with Gasteiger partial charge in [0.15, 0.2) is 5.78 Å². The van der Waals surface area contributed by atoms with Gasteiger partial charge in [0, 0.05) is 6.42 Å². The zero-order chi connectivity index (χ0) is 14.3. The Morgan fingerprint density at radius 2 is 1.37 bits per heavy atom. The maximum Gasteiger partial charge on any atom is 0.155 e. The highest BCUT2D eigenvalue weighted by Crippen LogP contribution is 2.11. The van der Waals surface area contributed by atoms with Crippen LogP contribution in [0, 0.1) is 0 Å². The molecule has 0 fully saturated rings. The van der Waals surface area contributed by atoms with E-state index in [1.54, 1.807) is 0 Å². The predicted octanol–water partition coefficient (Wildman–Crippen LogP) is 5.77. The molecule has 0 saturated carbocycles. The van der Waals surface area contributed by atoms with E-state index in [1.807, 2.05) is 18.2 Å². The summed E-state index contributed by atoms with van der Waals surface area (Å²) >= 11 is 0. The van der Waals surface area contributed by atoms with Crippen LogP contribution in [0.1, 0.15) is 71.1 Å². The molecule has 0 aromatic carbocycles. The largest absolute Gasteiger partial charge is 0.295 e. The lowest BCUT2D eigenvalue weighted by molar-refractivity contribution is -0.114. The van der Waals surface area contributed by atoms with Gasteiger partial charge in [-0.25, -0.2) is 0 Å². The van der Waals surface area contributed by atoms with E-state index in [0.29, 0.717) is 12.2 Å². The highest BCUT2D eigenvalue weighted by Gasteiger charge is 1.99. The first-order valence-corrected chi connectivity index (χ1v) is 7.62. The first kappa shape index (κ1) is 17.9. The van der Waals surface area contributed by atoms with E-state index in [9.17, 15) is 4.79 Å². The van der Waals surface area contributed by atoms with E-state index < -0.39 is 0 Å². The van der Waals surface area contributed by atoms with Crippen LogP contribution in [0.5, 0.6) is 0 Å². The molecule has 0 amide bonds. The van der Waals surface area contributed by atoms with E-state index in [1.165, 1.54) is 24.8 Å². The maximum atomic E-state index is 11.7. The Balaban J connectivity index is 3.60. The van der Waals surface area contributed by atoms with E-state index in [2.05, 4.69) is 20.1 Å². The number of allylic oxidation sites excluding steroid dienone is 4. The fourth-order valence-corrected chi connectivity index (χ4v) is 2.05. The van der Waals surface area contributed by atoms with Crippen LogP contribution >= 0.6 is 0 Å². The highest BCUT2D eigenvalue weighted by atomic mass is 16.1. The minimum absolute atomic E-state index is 0.294. The predicted molar refractivity (Wildman–Crippen MR) is 85.3 cm³/mol. The van der Waals surface area contributed by atoms with E-state index >= 15 is 0 Å². The van der Waals surface area contributed by atoms with Gasteiger partial charge in [0.2, 0.25) is 0 Å². The summed E-state index contributed by atoms with van der Waals surface area (Å²) < 4.78 is 0. The fraction of sp³-hybridized carbons (Fsp3) is 0.611. The molecule has 0 bridgehead atoms. The van der Waals surface area contributed by atoms with Gasteiger partial charge in [0.05, 0.1) is 0 Å². The summed E-state index contributed by atoms with van der Waals surface area (Å²) in [5.41, 5.74) is 1.23. The van der Waals surface area contributed by atoms with Gasteiger partial charge in [-0.15, -0.1) is 13.2 Å². The molecule has 1 nitrogen and oxygen atoms in total. The number of ketones is 1. The Morgan fingerprint density at radius 3 is 1.89 bits per heavy atom.